The highest BCUT2D eigenvalue weighted by Gasteiger charge is 2.18. The van der Waals surface area contributed by atoms with Gasteiger partial charge >= 0.3 is 5.97 Å². The molecule has 0 aliphatic carbocycles. The Morgan fingerprint density at radius 1 is 1.03 bits per heavy atom. The summed E-state index contributed by atoms with van der Waals surface area (Å²) in [7, 11) is 0. The first-order chi connectivity index (χ1) is 15.4. The van der Waals surface area contributed by atoms with E-state index in [-0.39, 0.29) is 17.2 Å². The van der Waals surface area contributed by atoms with E-state index in [1.165, 1.54) is 10.6 Å². The number of carbonyl (C=O) groups excluding carboxylic acids is 2. The Morgan fingerprint density at radius 3 is 2.38 bits per heavy atom. The lowest BCUT2D eigenvalue weighted by Gasteiger charge is -2.13. The van der Waals surface area contributed by atoms with Crippen molar-refractivity contribution in [1.82, 2.24) is 14.2 Å². The van der Waals surface area contributed by atoms with Crippen molar-refractivity contribution < 1.29 is 14.3 Å². The van der Waals surface area contributed by atoms with Crippen molar-refractivity contribution in [2.75, 3.05) is 11.9 Å². The van der Waals surface area contributed by atoms with Crippen molar-refractivity contribution in [2.45, 2.75) is 27.3 Å². The highest BCUT2D eigenvalue weighted by Crippen LogP contribution is 2.17. The fourth-order valence-electron chi connectivity index (χ4n) is 3.59. The fourth-order valence-corrected chi connectivity index (χ4v) is 3.59. The predicted molar refractivity (Wildman–Crippen MR) is 122 cm³/mol. The van der Waals surface area contributed by atoms with Crippen molar-refractivity contribution in [2.24, 2.45) is 5.92 Å². The van der Waals surface area contributed by atoms with Gasteiger partial charge in [-0.1, -0.05) is 26.0 Å². The molecule has 0 fully saturated rings. The van der Waals surface area contributed by atoms with Crippen LogP contribution in [0, 0.1) is 5.92 Å². The summed E-state index contributed by atoms with van der Waals surface area (Å²) in [5, 5.41) is 7.16. The Hall–Kier alpha value is -3.94. The number of nitrogens with one attached hydrogen (secondary N) is 1. The highest BCUT2D eigenvalue weighted by molar-refractivity contribution is 6.04. The fraction of sp³-hybridized carbons (Fsp3) is 0.250. The molecule has 0 spiro atoms. The number of hydrogen-bond acceptors (Lipinski definition) is 5. The number of fused-ring (bicyclic) bond motifs is 3. The first-order valence-electron chi connectivity index (χ1n) is 10.5. The van der Waals surface area contributed by atoms with Gasteiger partial charge in [0, 0.05) is 18.3 Å². The van der Waals surface area contributed by atoms with Crippen LogP contribution in [0.2, 0.25) is 0 Å². The summed E-state index contributed by atoms with van der Waals surface area (Å²) in [6.07, 6.45) is 0. The van der Waals surface area contributed by atoms with Gasteiger partial charge in [0.25, 0.3) is 11.5 Å². The minimum atomic E-state index is -0.448. The normalized spacial score (nSPS) is 11.2. The Kier molecular flexibility index (Phi) is 5.77. The van der Waals surface area contributed by atoms with Crippen LogP contribution < -0.4 is 10.9 Å². The average molecular weight is 432 g/mol. The predicted octanol–water partition coefficient (Wildman–Crippen LogP) is 3.73. The first-order valence-corrected chi connectivity index (χ1v) is 10.5. The van der Waals surface area contributed by atoms with E-state index in [0.717, 1.165) is 11.0 Å². The summed E-state index contributed by atoms with van der Waals surface area (Å²) in [6.45, 7) is 6.69. The topological polar surface area (TPSA) is 94.7 Å². The third kappa shape index (κ3) is 3.99. The lowest BCUT2D eigenvalue weighted by atomic mass is 10.2. The van der Waals surface area contributed by atoms with Crippen molar-refractivity contribution in [1.29, 1.82) is 0 Å². The SMILES string of the molecule is CCOC(=O)c1ccc(NC(=O)c2cc3c(=O)n(CC(C)C)c4ccccc4n3n2)cc1. The molecule has 32 heavy (non-hydrogen) atoms. The molecule has 2 heterocycles. The molecule has 8 nitrogen and oxygen atoms in total. The molecule has 8 heteroatoms. The number of amides is 1. The second-order valence-electron chi connectivity index (χ2n) is 7.88. The van der Waals surface area contributed by atoms with Crippen LogP contribution in [0.25, 0.3) is 16.6 Å². The number of esters is 1. The van der Waals surface area contributed by atoms with Crippen LogP contribution in [0.5, 0.6) is 0 Å². The molecule has 2 aromatic heterocycles. The minimum absolute atomic E-state index is 0.129. The van der Waals surface area contributed by atoms with Crippen LogP contribution >= 0.6 is 0 Å². The van der Waals surface area contributed by atoms with Crippen LogP contribution in [0.1, 0.15) is 41.6 Å². The van der Waals surface area contributed by atoms with E-state index in [4.69, 9.17) is 4.74 Å². The molecule has 2 aromatic carbocycles. The van der Waals surface area contributed by atoms with Crippen molar-refractivity contribution in [3.8, 4) is 0 Å². The monoisotopic (exact) mass is 432 g/mol. The summed E-state index contributed by atoms with van der Waals surface area (Å²) >= 11 is 0. The molecule has 164 valence electrons. The van der Waals surface area contributed by atoms with Gasteiger partial charge in [0.2, 0.25) is 0 Å². The van der Waals surface area contributed by atoms with Crippen molar-refractivity contribution in [3.05, 3.63) is 76.2 Å². The van der Waals surface area contributed by atoms with Crippen LogP contribution in [-0.4, -0.2) is 32.7 Å². The Morgan fingerprint density at radius 2 is 1.72 bits per heavy atom. The minimum Gasteiger partial charge on any atom is -0.462 e. The van der Waals surface area contributed by atoms with Crippen LogP contribution in [0.4, 0.5) is 5.69 Å². The zero-order valence-corrected chi connectivity index (χ0v) is 18.2. The van der Waals surface area contributed by atoms with Gasteiger partial charge in [-0.05, 0) is 49.2 Å². The van der Waals surface area contributed by atoms with Gasteiger partial charge in [-0.15, -0.1) is 0 Å². The zero-order chi connectivity index (χ0) is 22.8. The molecule has 0 aliphatic heterocycles. The van der Waals surface area contributed by atoms with E-state index in [1.807, 2.05) is 38.1 Å². The Balaban J connectivity index is 1.69. The molecular formula is C24H24N4O4. The van der Waals surface area contributed by atoms with Gasteiger partial charge in [0.15, 0.2) is 5.69 Å². The summed E-state index contributed by atoms with van der Waals surface area (Å²) in [4.78, 5) is 37.8. The summed E-state index contributed by atoms with van der Waals surface area (Å²) in [6, 6.07) is 15.4. The number of rotatable bonds is 6. The van der Waals surface area contributed by atoms with Crippen LogP contribution in [-0.2, 0) is 11.3 Å². The third-order valence-corrected chi connectivity index (χ3v) is 5.01. The zero-order valence-electron chi connectivity index (χ0n) is 18.2. The lowest BCUT2D eigenvalue weighted by Crippen LogP contribution is -2.25. The van der Waals surface area contributed by atoms with Gasteiger partial charge in [-0.2, -0.15) is 5.10 Å². The van der Waals surface area contributed by atoms with E-state index >= 15 is 0 Å². The summed E-state index contributed by atoms with van der Waals surface area (Å²) < 4.78 is 8.21. The Labute approximate surface area is 184 Å². The van der Waals surface area contributed by atoms with Crippen LogP contribution in [0.3, 0.4) is 0 Å². The van der Waals surface area contributed by atoms with Gasteiger partial charge in [0.05, 0.1) is 23.2 Å². The maximum Gasteiger partial charge on any atom is 0.338 e. The second-order valence-corrected chi connectivity index (χ2v) is 7.88. The lowest BCUT2D eigenvalue weighted by molar-refractivity contribution is 0.0526. The number of hydrogen-bond donors (Lipinski definition) is 1. The third-order valence-electron chi connectivity index (χ3n) is 5.01. The number of aromatic nitrogens is 3. The number of nitrogens with zero attached hydrogens (tertiary/aromatic N) is 3. The van der Waals surface area contributed by atoms with E-state index < -0.39 is 11.9 Å². The molecule has 4 aromatic rings. The number of ether oxygens (including phenoxy) is 1. The maximum atomic E-state index is 13.2. The van der Waals surface area contributed by atoms with Gasteiger partial charge < -0.3 is 14.6 Å². The number of anilines is 1. The van der Waals surface area contributed by atoms with Gasteiger partial charge in [0.1, 0.15) is 5.52 Å². The largest absolute Gasteiger partial charge is 0.462 e. The molecule has 1 amide bonds. The first kappa shape index (κ1) is 21.3. The number of benzene rings is 2. The summed E-state index contributed by atoms with van der Waals surface area (Å²) in [5.74, 6) is -0.589. The molecule has 4 rings (SSSR count). The highest BCUT2D eigenvalue weighted by atomic mass is 16.5. The molecule has 0 unspecified atom stereocenters. The molecule has 0 saturated heterocycles. The summed E-state index contributed by atoms with van der Waals surface area (Å²) in [5.41, 5.74) is 2.69. The van der Waals surface area contributed by atoms with Gasteiger partial charge in [-0.3, -0.25) is 9.59 Å². The van der Waals surface area contributed by atoms with Crippen molar-refractivity contribution >= 4 is 34.1 Å². The molecule has 0 aliphatic rings. The van der Waals surface area contributed by atoms with E-state index in [0.29, 0.717) is 29.9 Å². The van der Waals surface area contributed by atoms with E-state index in [2.05, 4.69) is 10.4 Å². The molecule has 0 radical (unpaired) electrons. The van der Waals surface area contributed by atoms with Crippen LogP contribution in [0.15, 0.2) is 59.4 Å². The smallest absolute Gasteiger partial charge is 0.338 e. The molecule has 0 bridgehead atoms. The average Bonchev–Trinajstić information content (AvgIpc) is 3.23. The number of carbonyl (C=O) groups is 2. The van der Waals surface area contributed by atoms with Gasteiger partial charge in [-0.25, -0.2) is 9.31 Å². The molecular weight excluding hydrogens is 408 g/mol. The van der Waals surface area contributed by atoms with Crippen molar-refractivity contribution in [3.63, 3.8) is 0 Å². The number of para-hydroxylation sites is 2. The Bertz CT molecular complexity index is 1370. The van der Waals surface area contributed by atoms with E-state index in [1.54, 1.807) is 35.8 Å². The molecule has 1 N–H and O–H groups in total. The molecule has 0 atom stereocenters. The maximum absolute atomic E-state index is 13.2. The molecule has 0 saturated carbocycles. The van der Waals surface area contributed by atoms with E-state index in [9.17, 15) is 14.4 Å². The second kappa shape index (κ2) is 8.66. The quantitative estimate of drug-likeness (QED) is 0.469. The standard InChI is InChI=1S/C24H24N4O4/c1-4-32-24(31)16-9-11-17(12-10-16)25-22(29)18-13-21-23(30)27(14-15(2)3)19-7-5-6-8-20(19)28(21)26-18/h5-13,15H,4,14H2,1-3H3,(H,25,29).